The Morgan fingerprint density at radius 1 is 1.18 bits per heavy atom. The summed E-state index contributed by atoms with van der Waals surface area (Å²) in [4.78, 5) is 13.1. The van der Waals surface area contributed by atoms with Crippen molar-refractivity contribution >= 4 is 5.97 Å². The van der Waals surface area contributed by atoms with Crippen molar-refractivity contribution in [2.24, 2.45) is 0 Å². The minimum Gasteiger partial charge on any atom is -0.480 e. The van der Waals surface area contributed by atoms with Gasteiger partial charge in [0.05, 0.1) is 6.54 Å². The molecule has 100 valence electrons. The summed E-state index contributed by atoms with van der Waals surface area (Å²) >= 11 is 0. The summed E-state index contributed by atoms with van der Waals surface area (Å²) in [6, 6.07) is 0.539. The minimum atomic E-state index is -0.676. The van der Waals surface area contributed by atoms with Gasteiger partial charge in [0.2, 0.25) is 0 Å². The predicted molar refractivity (Wildman–Crippen MR) is 70.2 cm³/mol. The lowest BCUT2D eigenvalue weighted by Gasteiger charge is -2.27. The Labute approximate surface area is 105 Å². The Bertz CT molecular complexity index is 212. The lowest BCUT2D eigenvalue weighted by atomic mass is 10.1. The molecule has 0 unspecified atom stereocenters. The molecule has 1 saturated carbocycles. The molecule has 0 amide bonds. The first kappa shape index (κ1) is 14.5. The van der Waals surface area contributed by atoms with Crippen LogP contribution >= 0.6 is 0 Å². The molecule has 0 bridgehead atoms. The van der Waals surface area contributed by atoms with Crippen molar-refractivity contribution in [3.8, 4) is 0 Å². The number of carboxylic acid groups (broad SMARTS) is 1. The van der Waals surface area contributed by atoms with Crippen LogP contribution in [-0.4, -0.2) is 35.1 Å². The van der Waals surface area contributed by atoms with Gasteiger partial charge in [-0.1, -0.05) is 45.4 Å². The summed E-state index contributed by atoms with van der Waals surface area (Å²) in [5.41, 5.74) is 0. The number of unbranched alkanes of at least 4 members (excludes halogenated alkanes) is 4. The number of hydrogen-bond donors (Lipinski definition) is 1. The van der Waals surface area contributed by atoms with E-state index in [2.05, 4.69) is 11.8 Å². The van der Waals surface area contributed by atoms with Crippen molar-refractivity contribution in [1.29, 1.82) is 0 Å². The average Bonchev–Trinajstić information content (AvgIpc) is 2.80. The van der Waals surface area contributed by atoms with Crippen LogP contribution in [0.3, 0.4) is 0 Å². The average molecular weight is 241 g/mol. The van der Waals surface area contributed by atoms with Crippen molar-refractivity contribution in [2.45, 2.75) is 70.8 Å². The van der Waals surface area contributed by atoms with Gasteiger partial charge in [0.1, 0.15) is 0 Å². The molecule has 0 aromatic carbocycles. The maximum Gasteiger partial charge on any atom is 0.317 e. The number of carboxylic acids is 1. The minimum absolute atomic E-state index is 0.235. The summed E-state index contributed by atoms with van der Waals surface area (Å²) in [6.45, 7) is 3.42. The first-order chi connectivity index (χ1) is 8.24. The fraction of sp³-hybridized carbons (Fsp3) is 0.929. The van der Waals surface area contributed by atoms with Gasteiger partial charge in [0.25, 0.3) is 0 Å². The monoisotopic (exact) mass is 241 g/mol. The first-order valence-corrected chi connectivity index (χ1v) is 7.20. The van der Waals surface area contributed by atoms with Gasteiger partial charge in [-0.05, 0) is 25.8 Å². The molecule has 1 rings (SSSR count). The van der Waals surface area contributed by atoms with Crippen molar-refractivity contribution in [3.05, 3.63) is 0 Å². The molecule has 0 aromatic heterocycles. The van der Waals surface area contributed by atoms with E-state index in [-0.39, 0.29) is 6.54 Å². The van der Waals surface area contributed by atoms with Crippen LogP contribution in [0, 0.1) is 0 Å². The number of rotatable bonds is 9. The van der Waals surface area contributed by atoms with Crippen LogP contribution in [0.5, 0.6) is 0 Å². The Morgan fingerprint density at radius 3 is 2.41 bits per heavy atom. The van der Waals surface area contributed by atoms with E-state index in [1.54, 1.807) is 0 Å². The van der Waals surface area contributed by atoms with Crippen LogP contribution in [0.2, 0.25) is 0 Å². The molecule has 1 aliphatic carbocycles. The molecule has 0 heterocycles. The van der Waals surface area contributed by atoms with Gasteiger partial charge >= 0.3 is 5.97 Å². The molecule has 0 saturated heterocycles. The van der Waals surface area contributed by atoms with Gasteiger partial charge in [-0.2, -0.15) is 0 Å². The van der Waals surface area contributed by atoms with Crippen molar-refractivity contribution in [3.63, 3.8) is 0 Å². The Kier molecular flexibility index (Phi) is 7.25. The zero-order valence-corrected chi connectivity index (χ0v) is 11.2. The quantitative estimate of drug-likeness (QED) is 0.630. The largest absolute Gasteiger partial charge is 0.480 e. The van der Waals surface area contributed by atoms with E-state index >= 15 is 0 Å². The molecular weight excluding hydrogens is 214 g/mol. The van der Waals surface area contributed by atoms with E-state index in [4.69, 9.17) is 5.11 Å². The second kappa shape index (κ2) is 8.51. The SMILES string of the molecule is CCCCCCCN(CC(=O)O)C1CCCC1. The fourth-order valence-corrected chi connectivity index (χ4v) is 2.75. The molecule has 3 heteroatoms. The maximum absolute atomic E-state index is 10.9. The van der Waals surface area contributed by atoms with E-state index in [1.165, 1.54) is 51.4 Å². The zero-order chi connectivity index (χ0) is 12.5. The third-order valence-corrected chi connectivity index (χ3v) is 3.73. The number of carbonyl (C=O) groups is 1. The van der Waals surface area contributed by atoms with Crippen LogP contribution in [-0.2, 0) is 4.79 Å². The lowest BCUT2D eigenvalue weighted by Crippen LogP contribution is -2.38. The second-order valence-electron chi connectivity index (χ2n) is 5.22. The van der Waals surface area contributed by atoms with Gasteiger partial charge in [-0.25, -0.2) is 0 Å². The van der Waals surface area contributed by atoms with Crippen LogP contribution in [0.4, 0.5) is 0 Å². The van der Waals surface area contributed by atoms with Gasteiger partial charge in [0, 0.05) is 6.04 Å². The molecule has 0 radical (unpaired) electrons. The van der Waals surface area contributed by atoms with E-state index < -0.39 is 5.97 Å². The fourth-order valence-electron chi connectivity index (χ4n) is 2.75. The highest BCUT2D eigenvalue weighted by atomic mass is 16.4. The van der Waals surface area contributed by atoms with E-state index in [0.29, 0.717) is 6.04 Å². The van der Waals surface area contributed by atoms with Crippen molar-refractivity contribution in [1.82, 2.24) is 4.90 Å². The number of hydrogen-bond acceptors (Lipinski definition) is 2. The van der Waals surface area contributed by atoms with Gasteiger partial charge in [-0.15, -0.1) is 0 Å². The van der Waals surface area contributed by atoms with Crippen LogP contribution in [0.25, 0.3) is 0 Å². The molecule has 0 aliphatic heterocycles. The summed E-state index contributed by atoms with van der Waals surface area (Å²) in [7, 11) is 0. The summed E-state index contributed by atoms with van der Waals surface area (Å²) in [5.74, 6) is -0.676. The van der Waals surface area contributed by atoms with Gasteiger partial charge in [-0.3, -0.25) is 9.69 Å². The normalized spacial score (nSPS) is 16.8. The first-order valence-electron chi connectivity index (χ1n) is 7.20. The Balaban J connectivity index is 2.22. The molecule has 17 heavy (non-hydrogen) atoms. The molecule has 1 fully saturated rings. The summed E-state index contributed by atoms with van der Waals surface area (Å²) < 4.78 is 0. The van der Waals surface area contributed by atoms with E-state index in [9.17, 15) is 4.79 Å². The van der Waals surface area contributed by atoms with E-state index in [0.717, 1.165) is 13.0 Å². The summed E-state index contributed by atoms with van der Waals surface area (Å²) in [6.07, 6.45) is 11.2. The Hall–Kier alpha value is -0.570. The maximum atomic E-state index is 10.9. The molecule has 1 N–H and O–H groups in total. The number of aliphatic carboxylic acids is 1. The molecule has 0 spiro atoms. The van der Waals surface area contributed by atoms with Crippen LogP contribution < -0.4 is 0 Å². The molecule has 1 aliphatic rings. The summed E-state index contributed by atoms with van der Waals surface area (Å²) in [5, 5.41) is 8.94. The topological polar surface area (TPSA) is 40.5 Å². The predicted octanol–water partition coefficient (Wildman–Crippen LogP) is 3.29. The van der Waals surface area contributed by atoms with Crippen molar-refractivity contribution in [2.75, 3.05) is 13.1 Å². The highest BCUT2D eigenvalue weighted by Crippen LogP contribution is 2.23. The Morgan fingerprint density at radius 2 is 1.82 bits per heavy atom. The molecule has 3 nitrogen and oxygen atoms in total. The highest BCUT2D eigenvalue weighted by molar-refractivity contribution is 5.69. The second-order valence-corrected chi connectivity index (χ2v) is 5.22. The third kappa shape index (κ3) is 6.06. The highest BCUT2D eigenvalue weighted by Gasteiger charge is 2.23. The number of nitrogens with zero attached hydrogens (tertiary/aromatic N) is 1. The molecule has 0 atom stereocenters. The van der Waals surface area contributed by atoms with E-state index in [1.807, 2.05) is 0 Å². The van der Waals surface area contributed by atoms with Gasteiger partial charge < -0.3 is 5.11 Å². The van der Waals surface area contributed by atoms with Crippen molar-refractivity contribution < 1.29 is 9.90 Å². The standard InChI is InChI=1S/C14H27NO2/c1-2-3-4-5-8-11-15(12-14(16)17)13-9-6-7-10-13/h13H,2-12H2,1H3,(H,16,17). The molecule has 0 aromatic rings. The van der Waals surface area contributed by atoms with Crippen LogP contribution in [0.1, 0.15) is 64.7 Å². The van der Waals surface area contributed by atoms with Crippen LogP contribution in [0.15, 0.2) is 0 Å². The van der Waals surface area contributed by atoms with Gasteiger partial charge in [0.15, 0.2) is 0 Å². The lowest BCUT2D eigenvalue weighted by molar-refractivity contribution is -0.138. The molecular formula is C14H27NO2. The smallest absolute Gasteiger partial charge is 0.317 e. The zero-order valence-electron chi connectivity index (χ0n) is 11.2. The third-order valence-electron chi connectivity index (χ3n) is 3.73.